The Morgan fingerprint density at radius 2 is 2.30 bits per heavy atom. The lowest BCUT2D eigenvalue weighted by Gasteiger charge is -2.07. The van der Waals surface area contributed by atoms with Crippen LogP contribution in [0.25, 0.3) is 0 Å². The molecule has 2 rings (SSSR count). The third kappa shape index (κ3) is 3.84. The number of hydrogen-bond acceptors (Lipinski definition) is 3. The lowest BCUT2D eigenvalue weighted by atomic mass is 10.2. The quantitative estimate of drug-likeness (QED) is 0.860. The van der Waals surface area contributed by atoms with E-state index in [2.05, 4.69) is 16.9 Å². The van der Waals surface area contributed by atoms with Crippen LogP contribution in [0, 0.1) is 17.7 Å². The molecule has 0 aliphatic heterocycles. The largest absolute Gasteiger partial charge is 0.492 e. The number of benzene rings is 1. The molecule has 0 spiro atoms. The number of hydrogen-bond donors (Lipinski definition) is 1. The summed E-state index contributed by atoms with van der Waals surface area (Å²) in [7, 11) is 1.85. The van der Waals surface area contributed by atoms with Gasteiger partial charge in [0.25, 0.3) is 0 Å². The maximum atomic E-state index is 13.2. The molecule has 104 valence electrons. The molecule has 5 heteroatoms. The normalized spacial score (nSPS) is 9.95. The molecule has 1 aromatic heterocycles. The van der Waals surface area contributed by atoms with Crippen molar-refractivity contribution in [2.24, 2.45) is 7.05 Å². The number of aromatic nitrogens is 2. The van der Waals surface area contributed by atoms with Crippen LogP contribution in [0.3, 0.4) is 0 Å². The minimum atomic E-state index is -0.379. The van der Waals surface area contributed by atoms with E-state index in [0.29, 0.717) is 24.3 Å². The topological polar surface area (TPSA) is 47.3 Å². The van der Waals surface area contributed by atoms with Crippen molar-refractivity contribution in [3.8, 4) is 17.6 Å². The Hall–Kier alpha value is -2.32. The van der Waals surface area contributed by atoms with E-state index in [1.54, 1.807) is 10.9 Å². The highest BCUT2D eigenvalue weighted by atomic mass is 19.1. The van der Waals surface area contributed by atoms with Gasteiger partial charge in [-0.2, -0.15) is 5.10 Å². The Bertz CT molecular complexity index is 641. The zero-order valence-electron chi connectivity index (χ0n) is 11.1. The number of aryl methyl sites for hydroxylation is 1. The summed E-state index contributed by atoms with van der Waals surface area (Å²) in [6.45, 7) is 0.162. The number of nitrogens with zero attached hydrogens (tertiary/aromatic N) is 2. The van der Waals surface area contributed by atoms with E-state index in [1.807, 2.05) is 13.2 Å². The van der Waals surface area contributed by atoms with Gasteiger partial charge in [-0.25, -0.2) is 4.39 Å². The molecule has 0 aliphatic rings. The van der Waals surface area contributed by atoms with Crippen LogP contribution in [0.5, 0.6) is 5.75 Å². The molecular formula is C15H15FN2O2. The van der Waals surface area contributed by atoms with Gasteiger partial charge in [-0.05, 0) is 17.7 Å². The van der Waals surface area contributed by atoms with E-state index in [-0.39, 0.29) is 12.4 Å². The first-order valence-electron chi connectivity index (χ1n) is 6.18. The molecule has 0 radical (unpaired) electrons. The van der Waals surface area contributed by atoms with Crippen molar-refractivity contribution in [2.45, 2.75) is 6.42 Å². The van der Waals surface area contributed by atoms with E-state index >= 15 is 0 Å². The first-order chi connectivity index (χ1) is 9.69. The van der Waals surface area contributed by atoms with Gasteiger partial charge in [0, 0.05) is 25.7 Å². The van der Waals surface area contributed by atoms with E-state index in [4.69, 9.17) is 9.84 Å². The molecule has 0 atom stereocenters. The lowest BCUT2D eigenvalue weighted by Crippen LogP contribution is -2.02. The maximum absolute atomic E-state index is 13.2. The summed E-state index contributed by atoms with van der Waals surface area (Å²) in [5.74, 6) is 5.27. The molecule has 0 aliphatic carbocycles. The molecule has 2 aromatic rings. The van der Waals surface area contributed by atoms with Crippen molar-refractivity contribution >= 4 is 0 Å². The van der Waals surface area contributed by atoms with Gasteiger partial charge >= 0.3 is 0 Å². The molecule has 4 nitrogen and oxygen atoms in total. The Morgan fingerprint density at radius 1 is 1.45 bits per heavy atom. The molecule has 0 bridgehead atoms. The Balaban J connectivity index is 2.02. The number of halogens is 1. The average molecular weight is 274 g/mol. The molecule has 0 unspecified atom stereocenters. The van der Waals surface area contributed by atoms with Gasteiger partial charge < -0.3 is 9.84 Å². The van der Waals surface area contributed by atoms with E-state index in [1.165, 1.54) is 18.2 Å². The number of rotatable bonds is 4. The van der Waals surface area contributed by atoms with Crippen molar-refractivity contribution < 1.29 is 14.2 Å². The lowest BCUT2D eigenvalue weighted by molar-refractivity contribution is 0.319. The highest BCUT2D eigenvalue weighted by molar-refractivity contribution is 5.46. The SMILES string of the molecule is Cn1cc(CCOc2cc(F)ccc2C#CCO)cn1. The maximum Gasteiger partial charge on any atom is 0.137 e. The molecule has 20 heavy (non-hydrogen) atoms. The summed E-state index contributed by atoms with van der Waals surface area (Å²) in [6.07, 6.45) is 4.35. The molecule has 1 aromatic carbocycles. The van der Waals surface area contributed by atoms with Crippen LogP contribution in [0.4, 0.5) is 4.39 Å². The van der Waals surface area contributed by atoms with Crippen molar-refractivity contribution in [2.75, 3.05) is 13.2 Å². The zero-order valence-corrected chi connectivity index (χ0v) is 11.1. The summed E-state index contributed by atoms with van der Waals surface area (Å²) < 4.78 is 20.5. The standard InChI is InChI=1S/C15H15FN2O2/c1-18-11-12(10-17-18)6-8-20-15-9-14(16)5-4-13(15)3-2-7-19/h4-5,9-11,19H,6-8H2,1H3. The summed E-state index contributed by atoms with van der Waals surface area (Å²) in [5, 5.41) is 12.8. The Morgan fingerprint density at radius 3 is 3.00 bits per heavy atom. The van der Waals surface area contributed by atoms with Gasteiger partial charge in [0.1, 0.15) is 18.2 Å². The molecule has 0 fully saturated rings. The molecule has 1 heterocycles. The number of ether oxygens (including phenoxy) is 1. The van der Waals surface area contributed by atoms with Crippen LogP contribution in [-0.4, -0.2) is 28.1 Å². The highest BCUT2D eigenvalue weighted by Crippen LogP contribution is 2.19. The van der Waals surface area contributed by atoms with Gasteiger partial charge in [0.15, 0.2) is 0 Å². The molecule has 0 saturated carbocycles. The van der Waals surface area contributed by atoms with E-state index in [9.17, 15) is 4.39 Å². The fourth-order valence-corrected chi connectivity index (χ4v) is 1.73. The van der Waals surface area contributed by atoms with Crippen LogP contribution in [0.1, 0.15) is 11.1 Å². The number of aliphatic hydroxyl groups is 1. The summed E-state index contributed by atoms with van der Waals surface area (Å²) >= 11 is 0. The minimum absolute atomic E-state index is 0.244. The third-order valence-corrected chi connectivity index (χ3v) is 2.65. The summed E-state index contributed by atoms with van der Waals surface area (Å²) in [6, 6.07) is 4.15. The monoisotopic (exact) mass is 274 g/mol. The van der Waals surface area contributed by atoms with Gasteiger partial charge in [-0.3, -0.25) is 4.68 Å². The van der Waals surface area contributed by atoms with Crippen molar-refractivity contribution in [3.05, 3.63) is 47.5 Å². The second-order valence-corrected chi connectivity index (χ2v) is 4.22. The summed E-state index contributed by atoms with van der Waals surface area (Å²) in [5.41, 5.74) is 1.61. The summed E-state index contributed by atoms with van der Waals surface area (Å²) in [4.78, 5) is 0. The average Bonchev–Trinajstić information content (AvgIpc) is 2.84. The van der Waals surface area contributed by atoms with Gasteiger partial charge in [0.2, 0.25) is 0 Å². The van der Waals surface area contributed by atoms with Crippen LogP contribution in [-0.2, 0) is 13.5 Å². The van der Waals surface area contributed by atoms with Gasteiger partial charge in [-0.15, -0.1) is 0 Å². The fourth-order valence-electron chi connectivity index (χ4n) is 1.73. The van der Waals surface area contributed by atoms with Gasteiger partial charge in [0.05, 0.1) is 18.4 Å². The smallest absolute Gasteiger partial charge is 0.137 e. The second kappa shape index (κ2) is 6.73. The Kier molecular flexibility index (Phi) is 4.75. The highest BCUT2D eigenvalue weighted by Gasteiger charge is 2.04. The predicted octanol–water partition coefficient (Wildman–Crippen LogP) is 1.52. The van der Waals surface area contributed by atoms with Crippen LogP contribution < -0.4 is 4.74 Å². The fraction of sp³-hybridized carbons (Fsp3) is 0.267. The first-order valence-corrected chi connectivity index (χ1v) is 6.18. The Labute approximate surface area is 116 Å². The second-order valence-electron chi connectivity index (χ2n) is 4.22. The van der Waals surface area contributed by atoms with Crippen LogP contribution >= 0.6 is 0 Å². The van der Waals surface area contributed by atoms with E-state index < -0.39 is 0 Å². The first kappa shape index (κ1) is 14.1. The molecule has 0 amide bonds. The molecular weight excluding hydrogens is 259 g/mol. The van der Waals surface area contributed by atoms with Crippen LogP contribution in [0.2, 0.25) is 0 Å². The van der Waals surface area contributed by atoms with Crippen molar-refractivity contribution in [3.63, 3.8) is 0 Å². The zero-order chi connectivity index (χ0) is 14.4. The van der Waals surface area contributed by atoms with Crippen molar-refractivity contribution in [1.29, 1.82) is 0 Å². The molecule has 1 N–H and O–H groups in total. The third-order valence-electron chi connectivity index (χ3n) is 2.65. The minimum Gasteiger partial charge on any atom is -0.492 e. The van der Waals surface area contributed by atoms with Crippen LogP contribution in [0.15, 0.2) is 30.6 Å². The van der Waals surface area contributed by atoms with Gasteiger partial charge in [-0.1, -0.05) is 11.8 Å². The van der Waals surface area contributed by atoms with Crippen molar-refractivity contribution in [1.82, 2.24) is 9.78 Å². The predicted molar refractivity (Wildman–Crippen MR) is 72.8 cm³/mol. The van der Waals surface area contributed by atoms with E-state index in [0.717, 1.165) is 5.56 Å². The molecule has 0 saturated heterocycles. The number of aliphatic hydroxyl groups excluding tert-OH is 1.